The molecule has 0 radical (unpaired) electrons. The van der Waals surface area contributed by atoms with Gasteiger partial charge in [0.1, 0.15) is 11.1 Å². The molecule has 2 aliphatic rings. The molecular formula is C18H25N3O2S. The van der Waals surface area contributed by atoms with Crippen LogP contribution in [-0.4, -0.2) is 42.2 Å². The van der Waals surface area contributed by atoms with Gasteiger partial charge in [0.05, 0.1) is 12.1 Å². The number of fused-ring (bicyclic) bond motifs is 1. The number of amides is 1. The highest BCUT2D eigenvalue weighted by atomic mass is 32.1. The van der Waals surface area contributed by atoms with Crippen LogP contribution in [-0.2, 0) is 17.6 Å². The number of nitriles is 1. The molecule has 1 unspecified atom stereocenters. The van der Waals surface area contributed by atoms with E-state index >= 15 is 0 Å². The number of rotatable bonds is 4. The summed E-state index contributed by atoms with van der Waals surface area (Å²) in [5.74, 6) is 0.223. The van der Waals surface area contributed by atoms with E-state index in [1.807, 2.05) is 0 Å². The van der Waals surface area contributed by atoms with Gasteiger partial charge in [-0.1, -0.05) is 6.42 Å². The molecule has 2 N–H and O–H groups in total. The van der Waals surface area contributed by atoms with Gasteiger partial charge in [0.2, 0.25) is 5.91 Å². The Labute approximate surface area is 147 Å². The molecule has 1 fully saturated rings. The van der Waals surface area contributed by atoms with Crippen LogP contribution in [0, 0.1) is 17.2 Å². The van der Waals surface area contributed by atoms with E-state index in [4.69, 9.17) is 0 Å². The smallest absolute Gasteiger partial charge is 0.239 e. The van der Waals surface area contributed by atoms with Gasteiger partial charge in [0, 0.05) is 18.0 Å². The number of carbonyl (C=O) groups is 1. The summed E-state index contributed by atoms with van der Waals surface area (Å²) in [5, 5.41) is 22.5. The number of piperidine rings is 1. The lowest BCUT2D eigenvalue weighted by atomic mass is 9.99. The summed E-state index contributed by atoms with van der Waals surface area (Å²) in [6.07, 6.45) is 7.54. The Morgan fingerprint density at radius 3 is 2.96 bits per heavy atom. The van der Waals surface area contributed by atoms with Crippen molar-refractivity contribution in [3.8, 4) is 6.07 Å². The van der Waals surface area contributed by atoms with Crippen molar-refractivity contribution in [2.45, 2.75) is 44.9 Å². The highest BCUT2D eigenvalue weighted by molar-refractivity contribution is 7.16. The number of anilines is 1. The zero-order valence-corrected chi connectivity index (χ0v) is 14.8. The molecule has 0 bridgehead atoms. The molecule has 1 atom stereocenters. The molecule has 0 saturated carbocycles. The highest BCUT2D eigenvalue weighted by Gasteiger charge is 2.23. The number of aliphatic hydroxyl groups excluding tert-OH is 1. The SMILES string of the molecule is N#Cc1c(NC(=O)CN2CCCC(CO)C2)sc2c1CCCCC2. The van der Waals surface area contributed by atoms with E-state index in [2.05, 4.69) is 16.3 Å². The topological polar surface area (TPSA) is 76.4 Å². The average molecular weight is 347 g/mol. The predicted molar refractivity (Wildman–Crippen MR) is 95.2 cm³/mol. The molecule has 24 heavy (non-hydrogen) atoms. The fourth-order valence-corrected chi connectivity index (χ4v) is 5.02. The van der Waals surface area contributed by atoms with E-state index in [0.29, 0.717) is 12.1 Å². The van der Waals surface area contributed by atoms with E-state index in [9.17, 15) is 15.2 Å². The molecule has 130 valence electrons. The average Bonchev–Trinajstić information content (AvgIpc) is 2.75. The van der Waals surface area contributed by atoms with Crippen molar-refractivity contribution in [2.75, 3.05) is 31.6 Å². The second-order valence-corrected chi connectivity index (χ2v) is 7.96. The van der Waals surface area contributed by atoms with Gasteiger partial charge in [-0.15, -0.1) is 11.3 Å². The Balaban J connectivity index is 1.65. The van der Waals surface area contributed by atoms with E-state index in [1.165, 1.54) is 17.7 Å². The first-order valence-corrected chi connectivity index (χ1v) is 9.70. The van der Waals surface area contributed by atoms with Crippen LogP contribution in [0.5, 0.6) is 0 Å². The van der Waals surface area contributed by atoms with Crippen molar-refractivity contribution in [1.29, 1.82) is 5.26 Å². The molecule has 1 amide bonds. The number of hydrogen-bond donors (Lipinski definition) is 2. The van der Waals surface area contributed by atoms with Crippen molar-refractivity contribution in [3.05, 3.63) is 16.0 Å². The maximum Gasteiger partial charge on any atom is 0.239 e. The van der Waals surface area contributed by atoms with E-state index in [-0.39, 0.29) is 18.4 Å². The minimum atomic E-state index is -0.0542. The van der Waals surface area contributed by atoms with Crippen LogP contribution in [0.2, 0.25) is 0 Å². The summed E-state index contributed by atoms with van der Waals surface area (Å²) in [6, 6.07) is 2.31. The zero-order valence-electron chi connectivity index (χ0n) is 14.0. The molecule has 1 aliphatic heterocycles. The largest absolute Gasteiger partial charge is 0.396 e. The van der Waals surface area contributed by atoms with Crippen LogP contribution >= 0.6 is 11.3 Å². The first-order chi connectivity index (χ1) is 11.7. The van der Waals surface area contributed by atoms with Crippen LogP contribution in [0.1, 0.15) is 48.1 Å². The summed E-state index contributed by atoms with van der Waals surface area (Å²) in [5.41, 5.74) is 1.84. The highest BCUT2D eigenvalue weighted by Crippen LogP contribution is 2.36. The fraction of sp³-hybridized carbons (Fsp3) is 0.667. The van der Waals surface area contributed by atoms with E-state index in [0.717, 1.165) is 55.8 Å². The monoisotopic (exact) mass is 347 g/mol. The van der Waals surface area contributed by atoms with Crippen LogP contribution in [0.3, 0.4) is 0 Å². The summed E-state index contributed by atoms with van der Waals surface area (Å²) < 4.78 is 0. The summed E-state index contributed by atoms with van der Waals surface area (Å²) in [4.78, 5) is 15.8. The molecule has 3 rings (SSSR count). The van der Waals surface area contributed by atoms with Gasteiger partial charge in [0.25, 0.3) is 0 Å². The zero-order chi connectivity index (χ0) is 16.9. The van der Waals surface area contributed by atoms with Gasteiger partial charge in [-0.3, -0.25) is 9.69 Å². The number of nitrogens with zero attached hydrogens (tertiary/aromatic N) is 2. The third-order valence-corrected chi connectivity index (χ3v) is 6.22. The standard InChI is InChI=1S/C18H25N3O2S/c19-9-15-14-6-2-1-3-7-16(14)24-18(15)20-17(23)11-21-8-4-5-13(10-21)12-22/h13,22H,1-8,10-12H2,(H,20,23). The second-order valence-electron chi connectivity index (χ2n) is 6.85. The van der Waals surface area contributed by atoms with Crippen molar-refractivity contribution in [1.82, 2.24) is 4.90 Å². The van der Waals surface area contributed by atoms with Crippen molar-refractivity contribution in [3.63, 3.8) is 0 Å². The van der Waals surface area contributed by atoms with Gasteiger partial charge < -0.3 is 10.4 Å². The molecule has 1 aromatic rings. The molecule has 0 spiro atoms. The van der Waals surface area contributed by atoms with Gasteiger partial charge >= 0.3 is 0 Å². The fourth-order valence-electron chi connectivity index (χ4n) is 3.76. The molecule has 0 aromatic carbocycles. The number of hydrogen-bond acceptors (Lipinski definition) is 5. The lowest BCUT2D eigenvalue weighted by molar-refractivity contribution is -0.117. The number of aryl methyl sites for hydroxylation is 1. The third kappa shape index (κ3) is 3.97. The maximum atomic E-state index is 12.4. The van der Waals surface area contributed by atoms with Crippen molar-refractivity contribution >= 4 is 22.2 Å². The van der Waals surface area contributed by atoms with Gasteiger partial charge in [-0.25, -0.2) is 0 Å². The maximum absolute atomic E-state index is 12.4. The van der Waals surface area contributed by atoms with Crippen molar-refractivity contribution in [2.24, 2.45) is 5.92 Å². The minimum absolute atomic E-state index is 0.0542. The Morgan fingerprint density at radius 2 is 2.17 bits per heavy atom. The van der Waals surface area contributed by atoms with Crippen molar-refractivity contribution < 1.29 is 9.90 Å². The Bertz CT molecular complexity index is 635. The number of carbonyl (C=O) groups excluding carboxylic acids is 1. The Hall–Kier alpha value is -1.42. The number of thiophene rings is 1. The molecule has 5 nitrogen and oxygen atoms in total. The lowest BCUT2D eigenvalue weighted by Gasteiger charge is -2.31. The number of nitrogens with one attached hydrogen (secondary N) is 1. The van der Waals surface area contributed by atoms with Crippen LogP contribution in [0.4, 0.5) is 5.00 Å². The van der Waals surface area contributed by atoms with E-state index in [1.54, 1.807) is 11.3 Å². The van der Waals surface area contributed by atoms with Gasteiger partial charge in [-0.2, -0.15) is 5.26 Å². The molecule has 1 saturated heterocycles. The third-order valence-electron chi connectivity index (χ3n) is 5.01. The molecule has 1 aromatic heterocycles. The summed E-state index contributed by atoms with van der Waals surface area (Å²) in [7, 11) is 0. The molecular weight excluding hydrogens is 322 g/mol. The summed E-state index contributed by atoms with van der Waals surface area (Å²) >= 11 is 1.58. The minimum Gasteiger partial charge on any atom is -0.396 e. The molecule has 6 heteroatoms. The van der Waals surface area contributed by atoms with Crippen LogP contribution in [0.25, 0.3) is 0 Å². The van der Waals surface area contributed by atoms with E-state index < -0.39 is 0 Å². The Kier molecular flexibility index (Phi) is 5.88. The Morgan fingerprint density at radius 1 is 1.33 bits per heavy atom. The lowest BCUT2D eigenvalue weighted by Crippen LogP contribution is -2.41. The van der Waals surface area contributed by atoms with Crippen LogP contribution in [0.15, 0.2) is 0 Å². The quantitative estimate of drug-likeness (QED) is 0.821. The molecule has 1 aliphatic carbocycles. The first kappa shape index (κ1) is 17.4. The first-order valence-electron chi connectivity index (χ1n) is 8.89. The molecule has 2 heterocycles. The number of likely N-dealkylation sites (tertiary alicyclic amines) is 1. The number of aliphatic hydroxyl groups is 1. The predicted octanol–water partition coefficient (Wildman–Crippen LogP) is 2.53. The summed E-state index contributed by atoms with van der Waals surface area (Å²) in [6.45, 7) is 2.20. The second kappa shape index (κ2) is 8.11. The van der Waals surface area contributed by atoms with Gasteiger partial charge in [-0.05, 0) is 56.6 Å². The van der Waals surface area contributed by atoms with Gasteiger partial charge in [0.15, 0.2) is 0 Å². The van der Waals surface area contributed by atoms with Crippen LogP contribution < -0.4 is 5.32 Å². The normalized spacial score (nSPS) is 21.6.